The minimum absolute atomic E-state index is 0.00970. The van der Waals surface area contributed by atoms with E-state index in [4.69, 9.17) is 9.15 Å². The molecular weight excluding hydrogens is 356 g/mol. The van der Waals surface area contributed by atoms with E-state index in [2.05, 4.69) is 5.32 Å². The van der Waals surface area contributed by atoms with Crippen molar-refractivity contribution in [3.05, 3.63) is 60.1 Å². The Bertz CT molecular complexity index is 806. The first-order valence-electron chi connectivity index (χ1n) is 9.68. The number of furan rings is 1. The number of carbonyl (C=O) groups excluding carboxylic acids is 2. The first-order valence-corrected chi connectivity index (χ1v) is 9.68. The van der Waals surface area contributed by atoms with Crippen LogP contribution < -0.4 is 10.1 Å². The Labute approximate surface area is 165 Å². The summed E-state index contributed by atoms with van der Waals surface area (Å²) in [7, 11) is 0. The highest BCUT2D eigenvalue weighted by atomic mass is 16.5. The molecule has 0 spiro atoms. The minimum atomic E-state index is -0.121. The summed E-state index contributed by atoms with van der Waals surface area (Å²) in [6.07, 6.45) is 6.55. The van der Waals surface area contributed by atoms with Crippen LogP contribution in [-0.2, 0) is 4.79 Å². The second kappa shape index (κ2) is 9.78. The smallest absolute Gasteiger partial charge is 0.255 e. The molecule has 0 unspecified atom stereocenters. The molecule has 1 aliphatic heterocycles. The van der Waals surface area contributed by atoms with Crippen LogP contribution in [0.4, 0.5) is 0 Å². The average Bonchev–Trinajstić information content (AvgIpc) is 3.25. The summed E-state index contributed by atoms with van der Waals surface area (Å²) in [5.41, 5.74) is 0.556. The van der Waals surface area contributed by atoms with E-state index >= 15 is 0 Å². The number of likely N-dealkylation sites (tertiary alicyclic amines) is 1. The second-order valence-electron chi connectivity index (χ2n) is 6.76. The Kier molecular flexibility index (Phi) is 6.89. The molecule has 1 aliphatic rings. The summed E-state index contributed by atoms with van der Waals surface area (Å²) >= 11 is 0. The molecule has 3 rings (SSSR count). The molecule has 28 heavy (non-hydrogen) atoms. The first-order chi connectivity index (χ1) is 13.7. The molecule has 2 heterocycles. The molecule has 1 fully saturated rings. The summed E-state index contributed by atoms with van der Waals surface area (Å²) in [5.74, 6) is 1.50. The lowest BCUT2D eigenvalue weighted by Crippen LogP contribution is -2.41. The summed E-state index contributed by atoms with van der Waals surface area (Å²) in [5, 5.41) is 3.01. The van der Waals surface area contributed by atoms with Gasteiger partial charge in [-0.3, -0.25) is 9.59 Å². The summed E-state index contributed by atoms with van der Waals surface area (Å²) < 4.78 is 10.7. The lowest BCUT2D eigenvalue weighted by molar-refractivity contribution is -0.127. The molecule has 1 N–H and O–H groups in total. The van der Waals surface area contributed by atoms with Crippen LogP contribution in [0, 0.1) is 5.92 Å². The quantitative estimate of drug-likeness (QED) is 0.746. The molecule has 0 aliphatic carbocycles. The Morgan fingerprint density at radius 1 is 1.21 bits per heavy atom. The number of carbonyl (C=O) groups is 2. The van der Waals surface area contributed by atoms with Gasteiger partial charge in [-0.15, -0.1) is 0 Å². The van der Waals surface area contributed by atoms with Gasteiger partial charge in [-0.25, -0.2) is 0 Å². The number of para-hydroxylation sites is 1. The van der Waals surface area contributed by atoms with Gasteiger partial charge in [0.1, 0.15) is 11.5 Å². The van der Waals surface area contributed by atoms with Crippen LogP contribution in [0.3, 0.4) is 0 Å². The van der Waals surface area contributed by atoms with Gasteiger partial charge in [0.2, 0.25) is 5.91 Å². The molecule has 6 heteroatoms. The third-order valence-electron chi connectivity index (χ3n) is 4.84. The highest BCUT2D eigenvalue weighted by molar-refractivity contribution is 5.96. The number of piperidine rings is 1. The van der Waals surface area contributed by atoms with Gasteiger partial charge in [0.05, 0.1) is 18.4 Å². The van der Waals surface area contributed by atoms with Crippen LogP contribution >= 0.6 is 0 Å². The number of rotatable bonds is 7. The molecule has 1 aromatic heterocycles. The molecular formula is C22H26N2O4. The van der Waals surface area contributed by atoms with E-state index in [-0.39, 0.29) is 11.8 Å². The maximum absolute atomic E-state index is 12.5. The zero-order chi connectivity index (χ0) is 19.8. The monoisotopic (exact) mass is 382 g/mol. The maximum atomic E-state index is 12.5. The molecule has 148 valence electrons. The van der Waals surface area contributed by atoms with Crippen LogP contribution in [-0.4, -0.2) is 43.0 Å². The van der Waals surface area contributed by atoms with Crippen LogP contribution in [0.2, 0.25) is 0 Å². The van der Waals surface area contributed by atoms with E-state index in [1.165, 1.54) is 0 Å². The molecule has 0 bridgehead atoms. The molecule has 2 amide bonds. The lowest BCUT2D eigenvalue weighted by atomic mass is 9.96. The van der Waals surface area contributed by atoms with Crippen molar-refractivity contribution in [3.8, 4) is 5.75 Å². The van der Waals surface area contributed by atoms with Crippen molar-refractivity contribution in [1.29, 1.82) is 0 Å². The molecule has 0 radical (unpaired) electrons. The van der Waals surface area contributed by atoms with Crippen LogP contribution in [0.15, 0.2) is 53.2 Å². The van der Waals surface area contributed by atoms with Gasteiger partial charge >= 0.3 is 0 Å². The van der Waals surface area contributed by atoms with E-state index in [9.17, 15) is 9.59 Å². The van der Waals surface area contributed by atoms with Crippen molar-refractivity contribution >= 4 is 17.9 Å². The van der Waals surface area contributed by atoms with Gasteiger partial charge < -0.3 is 19.4 Å². The van der Waals surface area contributed by atoms with Crippen molar-refractivity contribution in [3.63, 3.8) is 0 Å². The molecule has 0 atom stereocenters. The van der Waals surface area contributed by atoms with Gasteiger partial charge in [-0.2, -0.15) is 0 Å². The Balaban J connectivity index is 1.44. The zero-order valence-corrected chi connectivity index (χ0v) is 16.1. The summed E-state index contributed by atoms with van der Waals surface area (Å²) in [4.78, 5) is 26.6. The van der Waals surface area contributed by atoms with Gasteiger partial charge in [0, 0.05) is 25.7 Å². The van der Waals surface area contributed by atoms with Gasteiger partial charge in [-0.05, 0) is 56.0 Å². The Morgan fingerprint density at radius 2 is 2.00 bits per heavy atom. The van der Waals surface area contributed by atoms with Crippen molar-refractivity contribution in [2.24, 2.45) is 5.92 Å². The van der Waals surface area contributed by atoms with E-state index in [1.807, 2.05) is 30.0 Å². The van der Waals surface area contributed by atoms with Gasteiger partial charge in [-0.1, -0.05) is 12.1 Å². The largest absolute Gasteiger partial charge is 0.493 e. The minimum Gasteiger partial charge on any atom is -0.493 e. The first kappa shape index (κ1) is 19.7. The highest BCUT2D eigenvalue weighted by Crippen LogP contribution is 2.20. The van der Waals surface area contributed by atoms with E-state index < -0.39 is 0 Å². The highest BCUT2D eigenvalue weighted by Gasteiger charge is 2.22. The topological polar surface area (TPSA) is 71.8 Å². The number of hydrogen-bond donors (Lipinski definition) is 1. The molecule has 0 saturated carbocycles. The van der Waals surface area contributed by atoms with Crippen LogP contribution in [0.1, 0.15) is 35.9 Å². The van der Waals surface area contributed by atoms with Gasteiger partial charge in [0.15, 0.2) is 0 Å². The predicted molar refractivity (Wildman–Crippen MR) is 107 cm³/mol. The van der Waals surface area contributed by atoms with Crippen molar-refractivity contribution in [2.75, 3.05) is 26.2 Å². The third kappa shape index (κ3) is 5.25. The van der Waals surface area contributed by atoms with Crippen molar-refractivity contribution in [1.82, 2.24) is 10.2 Å². The fraction of sp³-hybridized carbons (Fsp3) is 0.364. The molecule has 6 nitrogen and oxygen atoms in total. The number of ether oxygens (including phenoxy) is 1. The number of nitrogens with one attached hydrogen (secondary N) is 1. The standard InChI is InChI=1S/C22H26N2O4/c1-2-27-20-8-4-3-7-19(20)22(26)23-16-17-11-13-24(14-12-17)21(25)10-9-18-6-5-15-28-18/h3-10,15,17H,2,11-14,16H2,1H3,(H,23,26). The van der Waals surface area contributed by atoms with E-state index in [0.717, 1.165) is 12.8 Å². The normalized spacial score (nSPS) is 15.0. The zero-order valence-electron chi connectivity index (χ0n) is 16.1. The SMILES string of the molecule is CCOc1ccccc1C(=O)NCC1CCN(C(=O)C=Cc2ccco2)CC1. The second-order valence-corrected chi connectivity index (χ2v) is 6.76. The number of hydrogen-bond acceptors (Lipinski definition) is 4. The average molecular weight is 382 g/mol. The number of nitrogens with zero attached hydrogens (tertiary/aromatic N) is 1. The molecule has 2 aromatic rings. The predicted octanol–water partition coefficient (Wildman–Crippen LogP) is 3.36. The lowest BCUT2D eigenvalue weighted by Gasteiger charge is -2.31. The Morgan fingerprint density at radius 3 is 2.71 bits per heavy atom. The van der Waals surface area contributed by atoms with Crippen molar-refractivity contribution in [2.45, 2.75) is 19.8 Å². The summed E-state index contributed by atoms with van der Waals surface area (Å²) in [6.45, 7) is 4.40. The number of benzene rings is 1. The maximum Gasteiger partial charge on any atom is 0.255 e. The summed E-state index contributed by atoms with van der Waals surface area (Å²) in [6, 6.07) is 10.9. The number of amides is 2. The van der Waals surface area contributed by atoms with Crippen molar-refractivity contribution < 1.29 is 18.7 Å². The Hall–Kier alpha value is -3.02. The van der Waals surface area contributed by atoms with Crippen LogP contribution in [0.25, 0.3) is 6.08 Å². The third-order valence-corrected chi connectivity index (χ3v) is 4.84. The van der Waals surface area contributed by atoms with Crippen LogP contribution in [0.5, 0.6) is 5.75 Å². The fourth-order valence-electron chi connectivity index (χ4n) is 3.27. The molecule has 1 aromatic carbocycles. The molecule has 1 saturated heterocycles. The van der Waals surface area contributed by atoms with Gasteiger partial charge in [0.25, 0.3) is 5.91 Å². The van der Waals surface area contributed by atoms with E-state index in [1.54, 1.807) is 36.6 Å². The van der Waals surface area contributed by atoms with E-state index in [0.29, 0.717) is 49.2 Å². The fourth-order valence-corrected chi connectivity index (χ4v) is 3.27.